The monoisotopic (exact) mass is 461 g/mol. The topological polar surface area (TPSA) is 68.7 Å². The van der Waals surface area contributed by atoms with Crippen LogP contribution in [-0.4, -0.2) is 35.4 Å². The number of aromatic carboxylic acids is 1. The molecule has 1 unspecified atom stereocenters. The van der Waals surface area contributed by atoms with E-state index in [1.165, 1.54) is 10.1 Å². The van der Waals surface area contributed by atoms with Gasteiger partial charge in [0.25, 0.3) is 0 Å². The van der Waals surface area contributed by atoms with E-state index in [-0.39, 0.29) is 11.7 Å². The molecular weight excluding hydrogens is 434 g/mol. The van der Waals surface area contributed by atoms with Crippen molar-refractivity contribution in [3.63, 3.8) is 0 Å². The van der Waals surface area contributed by atoms with Gasteiger partial charge in [-0.15, -0.1) is 11.3 Å². The van der Waals surface area contributed by atoms with Gasteiger partial charge in [0.05, 0.1) is 33.1 Å². The number of hydrogen-bond donors (Lipinski definition) is 1. The van der Waals surface area contributed by atoms with Crippen LogP contribution in [0, 0.1) is 19.8 Å². The first-order chi connectivity index (χ1) is 15.9. The van der Waals surface area contributed by atoms with E-state index < -0.39 is 5.97 Å². The van der Waals surface area contributed by atoms with Gasteiger partial charge in [-0.3, -0.25) is 0 Å². The van der Waals surface area contributed by atoms with Crippen LogP contribution in [0.1, 0.15) is 41.3 Å². The fourth-order valence-corrected chi connectivity index (χ4v) is 5.90. The number of nitrogens with zero attached hydrogens (tertiary/aromatic N) is 1. The average Bonchev–Trinajstić information content (AvgIpc) is 3.17. The second kappa shape index (κ2) is 8.76. The molecule has 170 valence electrons. The predicted molar refractivity (Wildman–Crippen MR) is 133 cm³/mol. The van der Waals surface area contributed by atoms with E-state index in [0.29, 0.717) is 28.3 Å². The largest absolute Gasteiger partial charge is 0.490 e. The third-order valence-electron chi connectivity index (χ3n) is 6.67. The van der Waals surface area contributed by atoms with Crippen LogP contribution in [0.2, 0.25) is 0 Å². The molecule has 0 radical (unpaired) electrons. The summed E-state index contributed by atoms with van der Waals surface area (Å²) in [6.07, 6.45) is 1.86. The van der Waals surface area contributed by atoms with Gasteiger partial charge in [-0.1, -0.05) is 24.3 Å². The van der Waals surface area contributed by atoms with E-state index in [1.807, 2.05) is 31.2 Å². The number of aromatic nitrogens is 1. The van der Waals surface area contributed by atoms with Crippen molar-refractivity contribution in [3.8, 4) is 16.3 Å². The fourth-order valence-electron chi connectivity index (χ4n) is 4.73. The third kappa shape index (κ3) is 3.98. The first kappa shape index (κ1) is 21.9. The summed E-state index contributed by atoms with van der Waals surface area (Å²) in [5.41, 5.74) is 3.65. The highest BCUT2D eigenvalue weighted by molar-refractivity contribution is 7.22. The molecule has 2 aromatic carbocycles. The van der Waals surface area contributed by atoms with Gasteiger partial charge in [0.1, 0.15) is 5.75 Å². The van der Waals surface area contributed by atoms with Gasteiger partial charge in [0.15, 0.2) is 0 Å². The molecule has 33 heavy (non-hydrogen) atoms. The molecule has 1 aliphatic heterocycles. The zero-order valence-corrected chi connectivity index (χ0v) is 19.9. The molecule has 0 amide bonds. The SMILES string of the molecule is Cc1c(-c2cc(C(=O)O)c3c(OC(C)C4CCOCC4)ccc(C)c3n2)sc2ccccc12. The molecule has 1 aliphatic rings. The first-order valence-electron chi connectivity index (χ1n) is 11.3. The van der Waals surface area contributed by atoms with Crippen molar-refractivity contribution in [2.24, 2.45) is 5.92 Å². The van der Waals surface area contributed by atoms with Crippen LogP contribution in [0.3, 0.4) is 0 Å². The summed E-state index contributed by atoms with van der Waals surface area (Å²) < 4.78 is 13.0. The summed E-state index contributed by atoms with van der Waals surface area (Å²) in [5.74, 6) is -0.00694. The van der Waals surface area contributed by atoms with E-state index in [2.05, 4.69) is 26.0 Å². The quantitative estimate of drug-likeness (QED) is 0.361. The van der Waals surface area contributed by atoms with Gasteiger partial charge in [-0.2, -0.15) is 0 Å². The minimum absolute atomic E-state index is 0.0361. The summed E-state index contributed by atoms with van der Waals surface area (Å²) >= 11 is 1.65. The predicted octanol–water partition coefficient (Wildman–Crippen LogP) is 6.63. The van der Waals surface area contributed by atoms with Gasteiger partial charge in [-0.25, -0.2) is 9.78 Å². The molecule has 0 aliphatic carbocycles. The molecule has 1 N–H and O–H groups in total. The Kier molecular flexibility index (Phi) is 5.81. The zero-order chi connectivity index (χ0) is 23.1. The van der Waals surface area contributed by atoms with Crippen LogP contribution in [0.25, 0.3) is 31.6 Å². The maximum atomic E-state index is 12.4. The highest BCUT2D eigenvalue weighted by Gasteiger charge is 2.25. The minimum atomic E-state index is -0.975. The number of carboxylic acids is 1. The fraction of sp³-hybridized carbons (Fsp3) is 0.333. The molecule has 6 heteroatoms. The summed E-state index contributed by atoms with van der Waals surface area (Å²) in [6, 6.07) is 13.8. The van der Waals surface area contributed by atoms with Crippen LogP contribution < -0.4 is 4.74 Å². The molecule has 0 spiro atoms. The summed E-state index contributed by atoms with van der Waals surface area (Å²) in [4.78, 5) is 18.4. The lowest BCUT2D eigenvalue weighted by Crippen LogP contribution is -2.29. The number of aryl methyl sites for hydroxylation is 2. The lowest BCUT2D eigenvalue weighted by atomic mass is 9.94. The molecule has 2 aromatic heterocycles. The Balaban J connectivity index is 1.65. The van der Waals surface area contributed by atoms with E-state index in [1.54, 1.807) is 17.4 Å². The van der Waals surface area contributed by atoms with Gasteiger partial charge in [0.2, 0.25) is 0 Å². The molecule has 0 saturated carbocycles. The zero-order valence-electron chi connectivity index (χ0n) is 19.1. The number of thiophene rings is 1. The van der Waals surface area contributed by atoms with E-state index in [0.717, 1.165) is 42.1 Å². The van der Waals surface area contributed by atoms with Gasteiger partial charge in [0, 0.05) is 17.9 Å². The lowest BCUT2D eigenvalue weighted by molar-refractivity contribution is 0.0243. The number of hydrogen-bond acceptors (Lipinski definition) is 5. The second-order valence-electron chi connectivity index (χ2n) is 8.79. The number of pyridine rings is 1. The molecule has 1 fully saturated rings. The molecule has 0 bridgehead atoms. The summed E-state index contributed by atoms with van der Waals surface area (Å²) in [6.45, 7) is 7.58. The number of carboxylic acid groups (broad SMARTS) is 1. The molecule has 4 aromatic rings. The smallest absolute Gasteiger partial charge is 0.336 e. The van der Waals surface area contributed by atoms with Crippen molar-refractivity contribution in [2.75, 3.05) is 13.2 Å². The average molecular weight is 462 g/mol. The van der Waals surface area contributed by atoms with Crippen molar-refractivity contribution >= 4 is 38.3 Å². The van der Waals surface area contributed by atoms with Gasteiger partial charge >= 0.3 is 5.97 Å². The van der Waals surface area contributed by atoms with Crippen LogP contribution in [0.4, 0.5) is 0 Å². The Morgan fingerprint density at radius 3 is 2.67 bits per heavy atom. The second-order valence-corrected chi connectivity index (χ2v) is 9.84. The maximum absolute atomic E-state index is 12.4. The molecule has 1 atom stereocenters. The minimum Gasteiger partial charge on any atom is -0.490 e. The van der Waals surface area contributed by atoms with Gasteiger partial charge in [-0.05, 0) is 74.2 Å². The number of fused-ring (bicyclic) bond motifs is 2. The summed E-state index contributed by atoms with van der Waals surface area (Å²) in [7, 11) is 0. The number of benzene rings is 2. The highest BCUT2D eigenvalue weighted by Crippen LogP contribution is 2.40. The van der Waals surface area contributed by atoms with E-state index in [4.69, 9.17) is 14.5 Å². The lowest BCUT2D eigenvalue weighted by Gasteiger charge is -2.28. The molecule has 3 heterocycles. The summed E-state index contributed by atoms with van der Waals surface area (Å²) in [5, 5.41) is 11.9. The normalized spacial score (nSPS) is 15.7. The van der Waals surface area contributed by atoms with Crippen molar-refractivity contribution < 1.29 is 19.4 Å². The van der Waals surface area contributed by atoms with Crippen molar-refractivity contribution in [2.45, 2.75) is 39.7 Å². The van der Waals surface area contributed by atoms with Crippen molar-refractivity contribution in [3.05, 3.63) is 59.2 Å². The Bertz CT molecular complexity index is 1350. The first-order valence-corrected chi connectivity index (χ1v) is 12.2. The molecule has 5 rings (SSSR count). The Labute approximate surface area is 197 Å². The van der Waals surface area contributed by atoms with E-state index >= 15 is 0 Å². The van der Waals surface area contributed by atoms with Crippen molar-refractivity contribution in [1.82, 2.24) is 4.98 Å². The third-order valence-corrected chi connectivity index (χ3v) is 7.97. The molecule has 5 nitrogen and oxygen atoms in total. The number of rotatable bonds is 5. The Morgan fingerprint density at radius 1 is 1.18 bits per heavy atom. The molecular formula is C27H27NO4S. The Hall–Kier alpha value is -2.96. The maximum Gasteiger partial charge on any atom is 0.336 e. The van der Waals surface area contributed by atoms with Crippen LogP contribution in [0.5, 0.6) is 5.75 Å². The van der Waals surface area contributed by atoms with E-state index in [9.17, 15) is 9.90 Å². The standard InChI is InChI=1S/C27H27NO4S/c1-15-8-9-22(32-17(3)18-10-12-31-13-11-18)24-20(27(29)30)14-21(28-25(15)24)26-16(2)19-6-4-5-7-23(19)33-26/h4-9,14,17-18H,10-13H2,1-3H3,(H,29,30). The van der Waals surface area contributed by atoms with Crippen molar-refractivity contribution in [1.29, 1.82) is 0 Å². The van der Waals surface area contributed by atoms with Crippen LogP contribution >= 0.6 is 11.3 Å². The number of ether oxygens (including phenoxy) is 2. The van der Waals surface area contributed by atoms with Gasteiger partial charge < -0.3 is 14.6 Å². The van der Waals surface area contributed by atoms with Crippen LogP contribution in [0.15, 0.2) is 42.5 Å². The van der Waals surface area contributed by atoms with Crippen LogP contribution in [-0.2, 0) is 4.74 Å². The highest BCUT2D eigenvalue weighted by atomic mass is 32.1. The number of carbonyl (C=O) groups is 1. The molecule has 1 saturated heterocycles. The Morgan fingerprint density at radius 2 is 1.94 bits per heavy atom.